The Kier molecular flexibility index (Phi) is 6.68. The Morgan fingerprint density at radius 2 is 1.00 bits per heavy atom. The molecule has 10 aromatic rings. The van der Waals surface area contributed by atoms with Gasteiger partial charge in [0.25, 0.3) is 0 Å². The largest absolute Gasteiger partial charge is 0.455 e. The number of para-hydroxylation sites is 1. The minimum atomic E-state index is 0.689. The molecule has 0 fully saturated rings. The predicted molar refractivity (Wildman–Crippen MR) is 209 cm³/mol. The van der Waals surface area contributed by atoms with Crippen molar-refractivity contribution in [3.05, 3.63) is 170 Å². The van der Waals surface area contributed by atoms with Gasteiger partial charge in [0.1, 0.15) is 11.2 Å². The topological polar surface area (TPSA) is 38.9 Å². The van der Waals surface area contributed by atoms with Crippen molar-refractivity contribution >= 4 is 53.4 Å². The van der Waals surface area contributed by atoms with Gasteiger partial charge in [0.2, 0.25) is 0 Å². The summed E-state index contributed by atoms with van der Waals surface area (Å²) in [5.41, 5.74) is 11.1. The third-order valence-corrected chi connectivity index (χ3v) is 10.8. The maximum absolute atomic E-state index is 6.77. The second-order valence-corrected chi connectivity index (χ2v) is 13.6. The Morgan fingerprint density at radius 1 is 0.400 bits per heavy atom. The summed E-state index contributed by atoms with van der Waals surface area (Å²) >= 11 is 1.84. The minimum Gasteiger partial charge on any atom is -0.455 e. The number of hydrogen-bond donors (Lipinski definition) is 0. The zero-order valence-electron chi connectivity index (χ0n) is 26.9. The van der Waals surface area contributed by atoms with Crippen molar-refractivity contribution in [1.29, 1.82) is 0 Å². The first-order valence-corrected chi connectivity index (χ1v) is 17.6. The lowest BCUT2D eigenvalue weighted by atomic mass is 9.99. The van der Waals surface area contributed by atoms with Crippen LogP contribution < -0.4 is 0 Å². The lowest BCUT2D eigenvalue weighted by Crippen LogP contribution is -1.95. The van der Waals surface area contributed by atoms with Gasteiger partial charge in [0.15, 0.2) is 5.82 Å². The van der Waals surface area contributed by atoms with E-state index in [0.717, 1.165) is 55.6 Å². The number of aromatic nitrogens is 2. The molecule has 0 amide bonds. The van der Waals surface area contributed by atoms with E-state index in [1.165, 1.54) is 36.9 Å². The SMILES string of the molecule is c1ccc(-c2ccc(-c3cc(-c4ccc5c(c4)oc4c(-c6cccc7c6sc6ccccc67)cccc45)nc(-c4ccccc4)n3)cc2)cc1. The number of fused-ring (bicyclic) bond motifs is 6. The van der Waals surface area contributed by atoms with E-state index in [-0.39, 0.29) is 0 Å². The van der Waals surface area contributed by atoms with Crippen LogP contribution in [0, 0.1) is 0 Å². The van der Waals surface area contributed by atoms with Crippen molar-refractivity contribution in [2.45, 2.75) is 0 Å². The van der Waals surface area contributed by atoms with Crippen molar-refractivity contribution in [3.8, 4) is 56.2 Å². The van der Waals surface area contributed by atoms with Gasteiger partial charge in [-0.2, -0.15) is 0 Å². The van der Waals surface area contributed by atoms with Gasteiger partial charge in [-0.05, 0) is 35.4 Å². The van der Waals surface area contributed by atoms with Crippen LogP contribution in [-0.4, -0.2) is 9.97 Å². The molecule has 0 radical (unpaired) electrons. The van der Waals surface area contributed by atoms with Gasteiger partial charge in [0, 0.05) is 58.8 Å². The summed E-state index contributed by atoms with van der Waals surface area (Å²) in [5.74, 6) is 0.689. The highest BCUT2D eigenvalue weighted by Crippen LogP contribution is 2.44. The van der Waals surface area contributed by atoms with Crippen LogP contribution in [0.15, 0.2) is 174 Å². The first-order chi connectivity index (χ1) is 24.8. The van der Waals surface area contributed by atoms with Gasteiger partial charge in [-0.15, -0.1) is 11.3 Å². The third kappa shape index (κ3) is 4.80. The van der Waals surface area contributed by atoms with Crippen LogP contribution in [0.3, 0.4) is 0 Å². The van der Waals surface area contributed by atoms with Gasteiger partial charge in [-0.3, -0.25) is 0 Å². The van der Waals surface area contributed by atoms with E-state index in [1.54, 1.807) is 0 Å². The average Bonchev–Trinajstić information content (AvgIpc) is 3.77. The van der Waals surface area contributed by atoms with Crippen molar-refractivity contribution < 1.29 is 4.42 Å². The monoisotopic (exact) mass is 656 g/mol. The fourth-order valence-electron chi connectivity index (χ4n) is 7.05. The summed E-state index contributed by atoms with van der Waals surface area (Å²) in [5, 5.41) is 4.76. The highest BCUT2D eigenvalue weighted by atomic mass is 32.1. The molecule has 0 aliphatic rings. The maximum Gasteiger partial charge on any atom is 0.160 e. The Labute approximate surface area is 292 Å². The Hall–Kier alpha value is -6.36. The first kappa shape index (κ1) is 28.6. The number of thiophene rings is 1. The van der Waals surface area contributed by atoms with E-state index >= 15 is 0 Å². The molecular formula is C46H28N2OS. The van der Waals surface area contributed by atoms with Crippen molar-refractivity contribution in [1.82, 2.24) is 9.97 Å². The van der Waals surface area contributed by atoms with Crippen LogP contribution in [0.1, 0.15) is 0 Å². The van der Waals surface area contributed by atoms with Crippen molar-refractivity contribution in [2.24, 2.45) is 0 Å². The molecule has 0 bridgehead atoms. The molecule has 3 nitrogen and oxygen atoms in total. The third-order valence-electron chi connectivity index (χ3n) is 9.53. The molecule has 3 aromatic heterocycles. The lowest BCUT2D eigenvalue weighted by Gasteiger charge is -2.10. The van der Waals surface area contributed by atoms with E-state index in [9.17, 15) is 0 Å². The van der Waals surface area contributed by atoms with Gasteiger partial charge >= 0.3 is 0 Å². The average molecular weight is 657 g/mol. The Bertz CT molecular complexity index is 2850. The minimum absolute atomic E-state index is 0.689. The molecule has 3 heterocycles. The fourth-order valence-corrected chi connectivity index (χ4v) is 8.28. The van der Waals surface area contributed by atoms with Gasteiger partial charge in [0.05, 0.1) is 11.4 Å². The molecule has 7 aromatic carbocycles. The molecule has 0 spiro atoms. The molecule has 0 unspecified atom stereocenters. The molecule has 4 heteroatoms. The number of rotatable bonds is 5. The molecule has 0 saturated carbocycles. The summed E-state index contributed by atoms with van der Waals surface area (Å²) in [6.07, 6.45) is 0. The highest BCUT2D eigenvalue weighted by molar-refractivity contribution is 7.26. The van der Waals surface area contributed by atoms with E-state index < -0.39 is 0 Å². The number of nitrogens with zero attached hydrogens (tertiary/aromatic N) is 2. The first-order valence-electron chi connectivity index (χ1n) is 16.7. The summed E-state index contributed by atoms with van der Waals surface area (Å²) in [7, 11) is 0. The van der Waals surface area contributed by atoms with Crippen molar-refractivity contribution in [2.75, 3.05) is 0 Å². The van der Waals surface area contributed by atoms with Gasteiger partial charge in [-0.25, -0.2) is 9.97 Å². The quantitative estimate of drug-likeness (QED) is 0.185. The van der Waals surface area contributed by atoms with Crippen LogP contribution in [-0.2, 0) is 0 Å². The second kappa shape index (κ2) is 11.7. The number of benzene rings is 7. The standard InChI is InChI=1S/C46H28N2OS/c1-3-11-29(12-4-1)30-21-23-31(24-22-30)40-28-41(48-46(47-40)32-13-5-2-6-14-32)33-25-26-34-36-16-9-17-37(44(36)49-42(34)27-33)39-19-10-18-38-35-15-7-8-20-43(35)50-45(38)39/h1-28H. The molecule has 234 valence electrons. The van der Waals surface area contributed by atoms with Gasteiger partial charge in [-0.1, -0.05) is 146 Å². The Balaban J connectivity index is 1.11. The molecule has 0 aliphatic carbocycles. The fraction of sp³-hybridized carbons (Fsp3) is 0. The molecule has 50 heavy (non-hydrogen) atoms. The van der Waals surface area contributed by atoms with E-state index in [4.69, 9.17) is 14.4 Å². The van der Waals surface area contributed by atoms with Crippen LogP contribution >= 0.6 is 11.3 Å². The second-order valence-electron chi connectivity index (χ2n) is 12.5. The zero-order chi connectivity index (χ0) is 33.0. The van der Waals surface area contributed by atoms with Crippen LogP contribution in [0.25, 0.3) is 98.3 Å². The molecule has 0 aliphatic heterocycles. The highest BCUT2D eigenvalue weighted by Gasteiger charge is 2.18. The molecular weight excluding hydrogens is 629 g/mol. The number of hydrogen-bond acceptors (Lipinski definition) is 4. The molecule has 0 atom stereocenters. The Morgan fingerprint density at radius 3 is 1.80 bits per heavy atom. The zero-order valence-corrected chi connectivity index (χ0v) is 27.7. The van der Waals surface area contributed by atoms with Gasteiger partial charge < -0.3 is 4.42 Å². The molecule has 10 rings (SSSR count). The smallest absolute Gasteiger partial charge is 0.160 e. The summed E-state index contributed by atoms with van der Waals surface area (Å²) in [4.78, 5) is 10.1. The normalized spacial score (nSPS) is 11.6. The molecule has 0 saturated heterocycles. The summed E-state index contributed by atoms with van der Waals surface area (Å²) in [6, 6.07) is 59.5. The maximum atomic E-state index is 6.77. The van der Waals surface area contributed by atoms with E-state index in [0.29, 0.717) is 5.82 Å². The van der Waals surface area contributed by atoms with Crippen LogP contribution in [0.4, 0.5) is 0 Å². The lowest BCUT2D eigenvalue weighted by molar-refractivity contribution is 0.670. The van der Waals surface area contributed by atoms with Crippen LogP contribution in [0.5, 0.6) is 0 Å². The van der Waals surface area contributed by atoms with Crippen LogP contribution in [0.2, 0.25) is 0 Å². The number of furan rings is 1. The summed E-state index contributed by atoms with van der Waals surface area (Å²) in [6.45, 7) is 0. The molecule has 0 N–H and O–H groups in total. The van der Waals surface area contributed by atoms with E-state index in [2.05, 4.69) is 146 Å². The van der Waals surface area contributed by atoms with Crippen molar-refractivity contribution in [3.63, 3.8) is 0 Å². The van der Waals surface area contributed by atoms with E-state index in [1.807, 2.05) is 35.6 Å². The summed E-state index contributed by atoms with van der Waals surface area (Å²) < 4.78 is 9.34. The predicted octanol–water partition coefficient (Wildman–Crippen LogP) is 13.1.